The second kappa shape index (κ2) is 8.43. The van der Waals surface area contributed by atoms with E-state index >= 15 is 0 Å². The summed E-state index contributed by atoms with van der Waals surface area (Å²) < 4.78 is 2.43. The van der Waals surface area contributed by atoms with Gasteiger partial charge < -0.3 is 5.32 Å². The number of hydrogen-bond acceptors (Lipinski definition) is 5. The standard InChI is InChI=1S/C20H22N4O3S/c1-4-14-11-22-18-16(19(26)24(3)20(27)23(18)2)17(14)28-12-15(25)21-10-13-8-6-5-7-9-13/h5-9,11H,4,10,12H2,1-3H3,(H,21,25). The highest BCUT2D eigenvalue weighted by molar-refractivity contribution is 8.00. The van der Waals surface area contributed by atoms with Crippen molar-refractivity contribution in [2.45, 2.75) is 24.8 Å². The number of fused-ring (bicyclic) bond motifs is 1. The summed E-state index contributed by atoms with van der Waals surface area (Å²) in [6.45, 7) is 2.42. The fourth-order valence-corrected chi connectivity index (χ4v) is 4.03. The zero-order valence-electron chi connectivity index (χ0n) is 16.1. The first kappa shape index (κ1) is 19.9. The van der Waals surface area contributed by atoms with Crippen molar-refractivity contribution in [3.63, 3.8) is 0 Å². The van der Waals surface area contributed by atoms with Gasteiger partial charge in [-0.05, 0) is 17.5 Å². The lowest BCUT2D eigenvalue weighted by atomic mass is 10.2. The second-order valence-electron chi connectivity index (χ2n) is 6.42. The first-order valence-electron chi connectivity index (χ1n) is 8.95. The molecule has 0 spiro atoms. The van der Waals surface area contributed by atoms with Gasteiger partial charge in [0.1, 0.15) is 5.65 Å². The fraction of sp³-hybridized carbons (Fsp3) is 0.300. The molecule has 3 rings (SSSR count). The smallest absolute Gasteiger partial charge is 0.332 e. The highest BCUT2D eigenvalue weighted by atomic mass is 32.2. The van der Waals surface area contributed by atoms with Gasteiger partial charge in [0.2, 0.25) is 5.91 Å². The Hall–Kier alpha value is -2.87. The molecule has 7 nitrogen and oxygen atoms in total. The molecule has 2 aromatic heterocycles. The Balaban J connectivity index is 1.88. The van der Waals surface area contributed by atoms with Crippen molar-refractivity contribution in [1.82, 2.24) is 19.4 Å². The molecule has 0 radical (unpaired) electrons. The number of aromatic nitrogens is 3. The molecule has 1 amide bonds. The number of aryl methyl sites for hydroxylation is 2. The van der Waals surface area contributed by atoms with Crippen LogP contribution in [0.2, 0.25) is 0 Å². The third-order valence-electron chi connectivity index (χ3n) is 4.56. The van der Waals surface area contributed by atoms with Crippen LogP contribution in [0, 0.1) is 0 Å². The van der Waals surface area contributed by atoms with Crippen LogP contribution in [0.1, 0.15) is 18.1 Å². The van der Waals surface area contributed by atoms with Crippen LogP contribution < -0.4 is 16.6 Å². The van der Waals surface area contributed by atoms with Crippen molar-refractivity contribution in [1.29, 1.82) is 0 Å². The SMILES string of the molecule is CCc1cnc2c(c1SCC(=O)NCc1ccccc1)c(=O)n(C)c(=O)n2C. The number of nitrogens with zero attached hydrogens (tertiary/aromatic N) is 3. The maximum atomic E-state index is 12.7. The summed E-state index contributed by atoms with van der Waals surface area (Å²) in [5.41, 5.74) is 1.41. The normalized spacial score (nSPS) is 11.0. The van der Waals surface area contributed by atoms with Crippen molar-refractivity contribution in [3.05, 3.63) is 68.5 Å². The van der Waals surface area contributed by atoms with E-state index in [2.05, 4.69) is 10.3 Å². The molecular formula is C20H22N4O3S. The largest absolute Gasteiger partial charge is 0.351 e. The summed E-state index contributed by atoms with van der Waals surface area (Å²) in [7, 11) is 3.04. The van der Waals surface area contributed by atoms with Crippen LogP contribution in [0.15, 0.2) is 51.0 Å². The summed E-state index contributed by atoms with van der Waals surface area (Å²) in [5.74, 6) is 0.0489. The van der Waals surface area contributed by atoms with E-state index in [1.807, 2.05) is 37.3 Å². The van der Waals surface area contributed by atoms with Gasteiger partial charge in [0, 0.05) is 31.7 Å². The summed E-state index contributed by atoms with van der Waals surface area (Å²) in [6, 6.07) is 9.67. The van der Waals surface area contributed by atoms with Gasteiger partial charge in [-0.15, -0.1) is 11.8 Å². The Morgan fingerprint density at radius 1 is 1.14 bits per heavy atom. The average molecular weight is 398 g/mol. The molecular weight excluding hydrogens is 376 g/mol. The maximum absolute atomic E-state index is 12.7. The Morgan fingerprint density at radius 3 is 2.54 bits per heavy atom. The number of amides is 1. The molecule has 0 bridgehead atoms. The minimum atomic E-state index is -0.425. The molecule has 0 saturated heterocycles. The molecule has 0 atom stereocenters. The van der Waals surface area contributed by atoms with Crippen LogP contribution in [0.4, 0.5) is 0 Å². The van der Waals surface area contributed by atoms with E-state index in [0.29, 0.717) is 28.9 Å². The molecule has 8 heteroatoms. The minimum Gasteiger partial charge on any atom is -0.351 e. The number of pyridine rings is 1. The zero-order chi connectivity index (χ0) is 20.3. The minimum absolute atomic E-state index is 0.123. The summed E-state index contributed by atoms with van der Waals surface area (Å²) in [4.78, 5) is 42.2. The van der Waals surface area contributed by atoms with Gasteiger partial charge >= 0.3 is 5.69 Å². The average Bonchev–Trinajstić information content (AvgIpc) is 2.73. The zero-order valence-corrected chi connectivity index (χ0v) is 16.9. The van der Waals surface area contributed by atoms with Gasteiger partial charge in [-0.3, -0.25) is 18.7 Å². The maximum Gasteiger partial charge on any atom is 0.332 e. The summed E-state index contributed by atoms with van der Waals surface area (Å²) in [5, 5.41) is 3.27. The van der Waals surface area contributed by atoms with Crippen LogP contribution in [-0.2, 0) is 31.9 Å². The van der Waals surface area contributed by atoms with Crippen LogP contribution in [0.3, 0.4) is 0 Å². The number of carbonyl (C=O) groups is 1. The number of thioether (sulfide) groups is 1. The van der Waals surface area contributed by atoms with E-state index in [-0.39, 0.29) is 11.7 Å². The van der Waals surface area contributed by atoms with Crippen LogP contribution in [0.5, 0.6) is 0 Å². The molecule has 146 valence electrons. The van der Waals surface area contributed by atoms with Gasteiger partial charge in [0.25, 0.3) is 5.56 Å². The van der Waals surface area contributed by atoms with Crippen LogP contribution in [-0.4, -0.2) is 25.8 Å². The lowest BCUT2D eigenvalue weighted by Crippen LogP contribution is -2.37. The molecule has 0 fully saturated rings. The van der Waals surface area contributed by atoms with E-state index in [0.717, 1.165) is 15.7 Å². The van der Waals surface area contributed by atoms with Crippen LogP contribution >= 0.6 is 11.8 Å². The second-order valence-corrected chi connectivity index (χ2v) is 7.41. The van der Waals surface area contributed by atoms with Crippen molar-refractivity contribution >= 4 is 28.7 Å². The van der Waals surface area contributed by atoms with Crippen molar-refractivity contribution in [2.24, 2.45) is 14.1 Å². The molecule has 1 aromatic carbocycles. The molecule has 28 heavy (non-hydrogen) atoms. The summed E-state index contributed by atoms with van der Waals surface area (Å²) >= 11 is 1.30. The first-order valence-corrected chi connectivity index (χ1v) is 9.93. The quantitative estimate of drug-likeness (QED) is 0.638. The van der Waals surface area contributed by atoms with E-state index < -0.39 is 11.2 Å². The van der Waals surface area contributed by atoms with Crippen molar-refractivity contribution in [3.8, 4) is 0 Å². The summed E-state index contributed by atoms with van der Waals surface area (Å²) in [6.07, 6.45) is 2.34. The first-order chi connectivity index (χ1) is 13.4. The Kier molecular flexibility index (Phi) is 5.99. The van der Waals surface area contributed by atoms with Gasteiger partial charge in [-0.2, -0.15) is 0 Å². The van der Waals surface area contributed by atoms with Gasteiger partial charge in [-0.1, -0.05) is 37.3 Å². The predicted molar refractivity (Wildman–Crippen MR) is 111 cm³/mol. The lowest BCUT2D eigenvalue weighted by molar-refractivity contribution is -0.118. The van der Waals surface area contributed by atoms with Gasteiger partial charge in [0.15, 0.2) is 0 Å². The topological polar surface area (TPSA) is 86.0 Å². The Bertz CT molecular complexity index is 1140. The molecule has 0 aliphatic rings. The Morgan fingerprint density at radius 2 is 1.86 bits per heavy atom. The number of carbonyl (C=O) groups excluding carboxylic acids is 1. The van der Waals surface area contributed by atoms with Crippen molar-refractivity contribution < 1.29 is 4.79 Å². The monoisotopic (exact) mass is 398 g/mol. The predicted octanol–water partition coefficient (Wildman–Crippen LogP) is 1.60. The number of hydrogen-bond donors (Lipinski definition) is 1. The highest BCUT2D eigenvalue weighted by Crippen LogP contribution is 2.28. The lowest BCUT2D eigenvalue weighted by Gasteiger charge is -2.13. The third-order valence-corrected chi connectivity index (χ3v) is 5.72. The molecule has 0 aliphatic heterocycles. The number of rotatable bonds is 6. The molecule has 3 aromatic rings. The van der Waals surface area contributed by atoms with Crippen LogP contribution in [0.25, 0.3) is 11.0 Å². The van der Waals surface area contributed by atoms with E-state index in [9.17, 15) is 14.4 Å². The fourth-order valence-electron chi connectivity index (χ4n) is 2.94. The van der Waals surface area contributed by atoms with E-state index in [4.69, 9.17) is 0 Å². The molecule has 2 heterocycles. The number of nitrogens with one attached hydrogen (secondary N) is 1. The van der Waals surface area contributed by atoms with E-state index in [1.165, 1.54) is 23.4 Å². The Labute approximate surface area is 166 Å². The molecule has 0 aliphatic carbocycles. The van der Waals surface area contributed by atoms with Crippen molar-refractivity contribution in [2.75, 3.05) is 5.75 Å². The third kappa shape index (κ3) is 3.87. The highest BCUT2D eigenvalue weighted by Gasteiger charge is 2.18. The molecule has 0 unspecified atom stereocenters. The molecule has 0 saturated carbocycles. The molecule has 1 N–H and O–H groups in total. The number of benzene rings is 1. The van der Waals surface area contributed by atoms with Gasteiger partial charge in [0.05, 0.1) is 11.1 Å². The van der Waals surface area contributed by atoms with Gasteiger partial charge in [-0.25, -0.2) is 9.78 Å². The van der Waals surface area contributed by atoms with E-state index in [1.54, 1.807) is 13.2 Å².